The molecule has 3 aromatic carbocycles. The molecule has 1 unspecified atom stereocenters. The van der Waals surface area contributed by atoms with Gasteiger partial charge in [0.1, 0.15) is 30.5 Å². The van der Waals surface area contributed by atoms with Gasteiger partial charge in [-0.2, -0.15) is 0 Å². The Hall–Kier alpha value is -3.91. The third kappa shape index (κ3) is 4.70. The Labute approximate surface area is 206 Å². The molecule has 1 aliphatic heterocycles. The number of thioether (sulfide) groups is 1. The summed E-state index contributed by atoms with van der Waals surface area (Å²) >= 11 is 1.86. The molecule has 0 spiro atoms. The molecule has 0 bridgehead atoms. The number of aromatic amines is 1. The Morgan fingerprint density at radius 1 is 0.971 bits per heavy atom. The van der Waals surface area contributed by atoms with Gasteiger partial charge in [-0.1, -0.05) is 48.5 Å². The van der Waals surface area contributed by atoms with Gasteiger partial charge >= 0.3 is 0 Å². The number of aryl methyl sites for hydroxylation is 1. The van der Waals surface area contributed by atoms with Crippen LogP contribution in [0.5, 0.6) is 11.5 Å². The number of nitrogens with one attached hydrogen (secondary N) is 1. The zero-order valence-corrected chi connectivity index (χ0v) is 19.7. The maximum atomic E-state index is 6.20. The molecule has 1 atom stereocenters. The predicted molar refractivity (Wildman–Crippen MR) is 135 cm³/mol. The molecule has 0 fully saturated rings. The van der Waals surface area contributed by atoms with Crippen molar-refractivity contribution in [2.45, 2.75) is 24.9 Å². The van der Waals surface area contributed by atoms with Crippen molar-refractivity contribution in [3.8, 4) is 11.5 Å². The van der Waals surface area contributed by atoms with E-state index in [1.54, 1.807) is 0 Å². The maximum Gasteiger partial charge on any atom is 0.149 e. The van der Waals surface area contributed by atoms with Crippen LogP contribution in [0.3, 0.4) is 0 Å². The van der Waals surface area contributed by atoms with Crippen molar-refractivity contribution in [2.75, 3.05) is 5.75 Å². The fraction of sp³-hybridized carbons (Fsp3) is 0.185. The molecular weight excluding hydrogens is 458 g/mol. The van der Waals surface area contributed by atoms with Crippen LogP contribution in [0.1, 0.15) is 33.5 Å². The summed E-state index contributed by atoms with van der Waals surface area (Å²) in [5.41, 5.74) is 5.44. The van der Waals surface area contributed by atoms with Gasteiger partial charge in [0.15, 0.2) is 0 Å². The molecule has 1 aliphatic rings. The minimum Gasteiger partial charge on any atom is -0.489 e. The Bertz CT molecular complexity index is 1460. The minimum absolute atomic E-state index is 0.113. The number of nitrogens with zero attached hydrogens (tertiary/aromatic N) is 4. The number of aromatic nitrogens is 5. The number of para-hydroxylation sites is 1. The van der Waals surface area contributed by atoms with Crippen LogP contribution in [-0.4, -0.2) is 31.4 Å². The lowest BCUT2D eigenvalue weighted by Crippen LogP contribution is -2.03. The summed E-state index contributed by atoms with van der Waals surface area (Å²) in [6.45, 7) is 0.949. The van der Waals surface area contributed by atoms with E-state index in [9.17, 15) is 0 Å². The molecule has 0 aliphatic carbocycles. The van der Waals surface area contributed by atoms with Crippen molar-refractivity contribution in [1.29, 1.82) is 0 Å². The van der Waals surface area contributed by atoms with E-state index in [1.807, 2.05) is 48.2 Å². The highest BCUT2D eigenvalue weighted by atomic mass is 32.2. The minimum atomic E-state index is 0.113. The number of benzene rings is 3. The first kappa shape index (κ1) is 21.6. The van der Waals surface area contributed by atoms with Gasteiger partial charge in [-0.15, -0.1) is 16.9 Å². The van der Waals surface area contributed by atoms with E-state index >= 15 is 0 Å². The topological polar surface area (TPSA) is 85.8 Å². The van der Waals surface area contributed by atoms with Crippen LogP contribution in [0.15, 0.2) is 78.9 Å². The Morgan fingerprint density at radius 2 is 1.89 bits per heavy atom. The van der Waals surface area contributed by atoms with Gasteiger partial charge < -0.3 is 9.47 Å². The Morgan fingerprint density at radius 3 is 2.83 bits per heavy atom. The number of tetrazole rings is 1. The van der Waals surface area contributed by atoms with E-state index in [-0.39, 0.29) is 5.25 Å². The third-order valence-electron chi connectivity index (χ3n) is 6.04. The van der Waals surface area contributed by atoms with Gasteiger partial charge in [0, 0.05) is 23.1 Å². The van der Waals surface area contributed by atoms with Crippen molar-refractivity contribution >= 4 is 22.7 Å². The van der Waals surface area contributed by atoms with Crippen LogP contribution >= 0.6 is 11.8 Å². The Kier molecular flexibility index (Phi) is 6.02. The molecule has 1 N–H and O–H groups in total. The van der Waals surface area contributed by atoms with Crippen LogP contribution < -0.4 is 9.47 Å². The van der Waals surface area contributed by atoms with Crippen LogP contribution in [-0.2, 0) is 19.6 Å². The number of ether oxygens (including phenoxy) is 2. The summed E-state index contributed by atoms with van der Waals surface area (Å²) in [6.07, 6.45) is 0.760. The van der Waals surface area contributed by atoms with E-state index in [2.05, 4.69) is 63.1 Å². The second-order valence-electron chi connectivity index (χ2n) is 8.32. The smallest absolute Gasteiger partial charge is 0.149 e. The molecule has 0 saturated heterocycles. The van der Waals surface area contributed by atoms with E-state index in [1.165, 1.54) is 11.1 Å². The summed E-state index contributed by atoms with van der Waals surface area (Å²) in [4.78, 5) is 4.73. The second kappa shape index (κ2) is 9.76. The monoisotopic (exact) mass is 481 g/mol. The summed E-state index contributed by atoms with van der Waals surface area (Å²) in [5.74, 6) is 3.33. The first-order valence-corrected chi connectivity index (χ1v) is 12.5. The average Bonchev–Trinajstić information content (AvgIpc) is 3.37. The number of H-pyrrole nitrogens is 1. The number of fused-ring (bicyclic) bond motifs is 3. The fourth-order valence-electron chi connectivity index (χ4n) is 4.28. The van der Waals surface area contributed by atoms with Crippen LogP contribution in [0.25, 0.3) is 10.9 Å². The van der Waals surface area contributed by atoms with Crippen LogP contribution in [0.2, 0.25) is 0 Å². The highest BCUT2D eigenvalue weighted by molar-refractivity contribution is 7.99. The molecule has 0 radical (unpaired) electrons. The van der Waals surface area contributed by atoms with Crippen molar-refractivity contribution in [3.63, 3.8) is 0 Å². The molecule has 2 aromatic heterocycles. The zero-order valence-electron chi connectivity index (χ0n) is 18.9. The quantitative estimate of drug-likeness (QED) is 0.338. The second-order valence-corrected chi connectivity index (χ2v) is 9.53. The number of hydrogen-bond donors (Lipinski definition) is 1. The van der Waals surface area contributed by atoms with Gasteiger partial charge in [-0.3, -0.25) is 0 Å². The highest BCUT2D eigenvalue weighted by Crippen LogP contribution is 2.45. The molecule has 3 heterocycles. The molecule has 5 aromatic rings. The lowest BCUT2D eigenvalue weighted by atomic mass is 10.00. The van der Waals surface area contributed by atoms with Gasteiger partial charge in [-0.25, -0.2) is 10.1 Å². The van der Waals surface area contributed by atoms with Crippen LogP contribution in [0.4, 0.5) is 0 Å². The number of hydrogen-bond acceptors (Lipinski definition) is 7. The first-order chi connectivity index (χ1) is 17.3. The third-order valence-corrected chi connectivity index (χ3v) is 7.32. The molecule has 0 amide bonds. The maximum absolute atomic E-state index is 6.20. The van der Waals surface area contributed by atoms with E-state index in [0.717, 1.165) is 51.7 Å². The summed E-state index contributed by atoms with van der Waals surface area (Å²) < 4.78 is 12.4. The van der Waals surface area contributed by atoms with E-state index in [4.69, 9.17) is 14.5 Å². The molecule has 6 rings (SSSR count). The standard InChI is InChI=1S/C27H23N5O2S/c1-3-7-22-19(6-1)16-34-25-12-11-21(15-23(25)27(22)35-14-13-26-29-31-32-30-26)33-17-20-10-9-18-5-2-4-8-24(18)28-20/h1-12,15,27H,13-14,16-17H2,(H,29,30,31,32). The zero-order chi connectivity index (χ0) is 23.5. The van der Waals surface area contributed by atoms with E-state index in [0.29, 0.717) is 13.2 Å². The highest BCUT2D eigenvalue weighted by Gasteiger charge is 2.25. The SMILES string of the molecule is c1ccc2c(c1)COc1ccc(OCc3ccc4ccccc4n3)cc1C2SCCc1nnn[nH]1. The molecule has 8 heteroatoms. The van der Waals surface area contributed by atoms with Gasteiger partial charge in [0.2, 0.25) is 0 Å². The van der Waals surface area contributed by atoms with E-state index < -0.39 is 0 Å². The number of rotatable bonds is 7. The lowest BCUT2D eigenvalue weighted by Gasteiger charge is -2.19. The first-order valence-electron chi connectivity index (χ1n) is 11.5. The summed E-state index contributed by atoms with van der Waals surface area (Å²) in [7, 11) is 0. The molecule has 35 heavy (non-hydrogen) atoms. The molecule has 7 nitrogen and oxygen atoms in total. The number of pyridine rings is 1. The predicted octanol–water partition coefficient (Wildman–Crippen LogP) is 5.28. The summed E-state index contributed by atoms with van der Waals surface area (Å²) in [6, 6.07) is 26.8. The fourth-order valence-corrected chi connectivity index (χ4v) is 5.60. The largest absolute Gasteiger partial charge is 0.489 e. The van der Waals surface area contributed by atoms with Gasteiger partial charge in [0.05, 0.1) is 16.5 Å². The van der Waals surface area contributed by atoms with Gasteiger partial charge in [0.25, 0.3) is 0 Å². The normalized spacial score (nSPS) is 14.6. The average molecular weight is 482 g/mol. The molecule has 0 saturated carbocycles. The summed E-state index contributed by atoms with van der Waals surface area (Å²) in [5, 5.41) is 15.4. The van der Waals surface area contributed by atoms with Crippen molar-refractivity contribution in [3.05, 3.63) is 107 Å². The van der Waals surface area contributed by atoms with Crippen LogP contribution in [0, 0.1) is 0 Å². The van der Waals surface area contributed by atoms with Crippen molar-refractivity contribution in [2.24, 2.45) is 0 Å². The van der Waals surface area contributed by atoms with Crippen molar-refractivity contribution in [1.82, 2.24) is 25.6 Å². The Balaban J connectivity index is 1.25. The van der Waals surface area contributed by atoms with Gasteiger partial charge in [-0.05, 0) is 51.9 Å². The lowest BCUT2D eigenvalue weighted by molar-refractivity contribution is 0.295. The molecule has 174 valence electrons. The molecular formula is C27H23N5O2S. The van der Waals surface area contributed by atoms with Crippen molar-refractivity contribution < 1.29 is 9.47 Å².